The summed E-state index contributed by atoms with van der Waals surface area (Å²) in [4.78, 5) is 11.1. The molecule has 0 saturated heterocycles. The van der Waals surface area contributed by atoms with Crippen LogP contribution in [0.2, 0.25) is 0 Å². The van der Waals surface area contributed by atoms with Gasteiger partial charge in [0.1, 0.15) is 30.5 Å². The first-order chi connectivity index (χ1) is 7.36. The molecule has 0 radical (unpaired) electrons. The molecule has 0 aliphatic heterocycles. The molecule has 16 heavy (non-hydrogen) atoms. The van der Waals surface area contributed by atoms with Crippen LogP contribution < -0.4 is 0 Å². The van der Waals surface area contributed by atoms with Crippen molar-refractivity contribution in [2.24, 2.45) is 0 Å². The molecule has 0 aromatic carbocycles. The number of hydrogen-bond acceptors (Lipinski definition) is 8. The third kappa shape index (κ3) is 3.76. The fourth-order valence-electron chi connectivity index (χ4n) is 0.978. The summed E-state index contributed by atoms with van der Waals surface area (Å²) in [5.74, 6) is -1.29. The van der Waals surface area contributed by atoms with Crippen molar-refractivity contribution in [3.63, 3.8) is 0 Å². The molecule has 0 rings (SSSR count). The van der Waals surface area contributed by atoms with E-state index >= 15 is 0 Å². The zero-order valence-electron chi connectivity index (χ0n) is 8.34. The van der Waals surface area contributed by atoms with Gasteiger partial charge in [0.25, 0.3) is 0 Å². The minimum atomic E-state index is -2.17. The van der Waals surface area contributed by atoms with Gasteiger partial charge in [-0.25, -0.2) is 0 Å². The molecule has 0 spiro atoms. The molecule has 96 valence electrons. The molecular weight excluding hydrogens is 224 g/mol. The molecule has 7 N–H and O–H groups in total. The van der Waals surface area contributed by atoms with Crippen LogP contribution in [0.15, 0.2) is 0 Å². The molecule has 0 aromatic rings. The van der Waals surface area contributed by atoms with Crippen LogP contribution in [0.1, 0.15) is 0 Å². The van der Waals surface area contributed by atoms with Gasteiger partial charge in [0.15, 0.2) is 5.78 Å². The van der Waals surface area contributed by atoms with Crippen molar-refractivity contribution in [1.82, 2.24) is 0 Å². The molecule has 0 saturated carbocycles. The topological polar surface area (TPSA) is 159 Å². The zero-order valence-corrected chi connectivity index (χ0v) is 8.34. The summed E-state index contributed by atoms with van der Waals surface area (Å²) in [6.45, 7) is -1.82. The number of carbonyl (C=O) groups excluding carboxylic acids is 1. The van der Waals surface area contributed by atoms with Gasteiger partial charge in [0, 0.05) is 0 Å². The number of hydrogen-bond donors (Lipinski definition) is 7. The summed E-state index contributed by atoms with van der Waals surface area (Å²) in [5.41, 5.74) is 0. The van der Waals surface area contributed by atoms with E-state index in [2.05, 4.69) is 0 Å². The fourth-order valence-corrected chi connectivity index (χ4v) is 0.978. The highest BCUT2D eigenvalue weighted by atomic mass is 16.4. The molecule has 5 atom stereocenters. The van der Waals surface area contributed by atoms with Crippen LogP contribution in [0, 0.1) is 0 Å². The van der Waals surface area contributed by atoms with Gasteiger partial charge < -0.3 is 35.7 Å². The van der Waals surface area contributed by atoms with Crippen LogP contribution in [0.5, 0.6) is 0 Å². The van der Waals surface area contributed by atoms with Crippen LogP contribution in [0.4, 0.5) is 0 Å². The van der Waals surface area contributed by atoms with Gasteiger partial charge in [0.05, 0.1) is 13.2 Å². The summed E-state index contributed by atoms with van der Waals surface area (Å²) in [5, 5.41) is 62.2. The van der Waals surface area contributed by atoms with Gasteiger partial charge in [0.2, 0.25) is 0 Å². The summed E-state index contributed by atoms with van der Waals surface area (Å²) in [7, 11) is 0. The van der Waals surface area contributed by atoms with Crippen LogP contribution in [0.25, 0.3) is 0 Å². The molecular formula is C8H16O8. The molecule has 8 nitrogen and oxygen atoms in total. The first kappa shape index (κ1) is 15.4. The molecule has 8 heteroatoms. The second kappa shape index (κ2) is 6.86. The van der Waals surface area contributed by atoms with Crippen molar-refractivity contribution in [2.75, 3.05) is 13.2 Å². The maximum Gasteiger partial charge on any atom is 0.194 e. The van der Waals surface area contributed by atoms with Gasteiger partial charge in [-0.15, -0.1) is 0 Å². The van der Waals surface area contributed by atoms with E-state index in [9.17, 15) is 15.0 Å². The van der Waals surface area contributed by atoms with Gasteiger partial charge in [-0.1, -0.05) is 0 Å². The predicted molar refractivity (Wildman–Crippen MR) is 49.2 cm³/mol. The average molecular weight is 240 g/mol. The first-order valence-electron chi connectivity index (χ1n) is 4.52. The van der Waals surface area contributed by atoms with E-state index in [0.29, 0.717) is 0 Å². The van der Waals surface area contributed by atoms with E-state index in [-0.39, 0.29) is 0 Å². The average Bonchev–Trinajstić information content (AvgIpc) is 2.32. The molecule has 0 amide bonds. The number of ketones is 1. The zero-order chi connectivity index (χ0) is 12.9. The third-order valence-electron chi connectivity index (χ3n) is 2.05. The number of aliphatic hydroxyl groups is 7. The van der Waals surface area contributed by atoms with E-state index in [1.54, 1.807) is 0 Å². The quantitative estimate of drug-likeness (QED) is 0.234. The second-order valence-electron chi connectivity index (χ2n) is 3.28. The van der Waals surface area contributed by atoms with Gasteiger partial charge >= 0.3 is 0 Å². The largest absolute Gasteiger partial charge is 0.394 e. The Balaban J connectivity index is 4.48. The molecule has 2 unspecified atom stereocenters. The molecule has 0 heterocycles. The van der Waals surface area contributed by atoms with E-state index in [1.807, 2.05) is 0 Å². The molecule has 0 aliphatic carbocycles. The van der Waals surface area contributed by atoms with Crippen molar-refractivity contribution >= 4 is 5.78 Å². The highest BCUT2D eigenvalue weighted by Gasteiger charge is 2.36. The molecule has 0 bridgehead atoms. The smallest absolute Gasteiger partial charge is 0.194 e. The number of aliphatic hydroxyl groups excluding tert-OH is 7. The minimum absolute atomic E-state index is 0.873. The molecule has 0 aliphatic rings. The lowest BCUT2D eigenvalue weighted by Crippen LogP contribution is -2.51. The second-order valence-corrected chi connectivity index (χ2v) is 3.28. The third-order valence-corrected chi connectivity index (χ3v) is 2.05. The van der Waals surface area contributed by atoms with Gasteiger partial charge in [-0.3, -0.25) is 4.79 Å². The lowest BCUT2D eigenvalue weighted by molar-refractivity contribution is -0.155. The highest BCUT2D eigenvalue weighted by Crippen LogP contribution is 2.07. The summed E-state index contributed by atoms with van der Waals surface area (Å²) in [6.07, 6.45) is -9.81. The monoisotopic (exact) mass is 240 g/mol. The number of rotatable bonds is 7. The lowest BCUT2D eigenvalue weighted by atomic mass is 9.98. The standard InChI is InChI=1S/C8H16O8/c9-1-3(11)5(13)7(15)8(16)6(14)4(12)2-10/h3-5,7-13,15-16H,1-2H2/t3-,4?,5-,7+,8?/m1/s1. The van der Waals surface area contributed by atoms with E-state index < -0.39 is 49.5 Å². The Morgan fingerprint density at radius 2 is 1.38 bits per heavy atom. The summed E-state index contributed by atoms with van der Waals surface area (Å²) >= 11 is 0. The fraction of sp³-hybridized carbons (Fsp3) is 0.875. The van der Waals surface area contributed by atoms with Crippen molar-refractivity contribution in [2.45, 2.75) is 30.5 Å². The summed E-state index contributed by atoms with van der Waals surface area (Å²) < 4.78 is 0. The Bertz CT molecular complexity index is 220. The normalized spacial score (nSPS) is 20.9. The minimum Gasteiger partial charge on any atom is -0.394 e. The van der Waals surface area contributed by atoms with Gasteiger partial charge in [-0.2, -0.15) is 0 Å². The maximum atomic E-state index is 11.1. The predicted octanol–water partition coefficient (Wildman–Crippen LogP) is -4.66. The van der Waals surface area contributed by atoms with Crippen molar-refractivity contribution in [1.29, 1.82) is 0 Å². The Hall–Kier alpha value is -0.610. The Kier molecular flexibility index (Phi) is 6.60. The van der Waals surface area contributed by atoms with Crippen molar-refractivity contribution < 1.29 is 40.5 Å². The van der Waals surface area contributed by atoms with Crippen LogP contribution >= 0.6 is 0 Å². The van der Waals surface area contributed by atoms with Crippen LogP contribution in [0.3, 0.4) is 0 Å². The maximum absolute atomic E-state index is 11.1. The Morgan fingerprint density at radius 1 is 0.875 bits per heavy atom. The van der Waals surface area contributed by atoms with Crippen molar-refractivity contribution in [3.05, 3.63) is 0 Å². The van der Waals surface area contributed by atoms with E-state index in [4.69, 9.17) is 25.5 Å². The van der Waals surface area contributed by atoms with Crippen LogP contribution in [-0.2, 0) is 4.79 Å². The number of Topliss-reactive ketones (excluding diaryl/α,β-unsaturated/α-hetero) is 1. The first-order valence-corrected chi connectivity index (χ1v) is 4.52. The molecule has 0 fully saturated rings. The van der Waals surface area contributed by atoms with Crippen LogP contribution in [-0.4, -0.2) is 85.3 Å². The Morgan fingerprint density at radius 3 is 1.75 bits per heavy atom. The highest BCUT2D eigenvalue weighted by molar-refractivity contribution is 5.87. The van der Waals surface area contributed by atoms with E-state index in [1.165, 1.54) is 0 Å². The van der Waals surface area contributed by atoms with E-state index in [0.717, 1.165) is 0 Å². The van der Waals surface area contributed by atoms with Crippen molar-refractivity contribution in [3.8, 4) is 0 Å². The SMILES string of the molecule is O=C(C(O)CO)C(O)[C@@H](O)[C@H](O)[C@H](O)CO. The lowest BCUT2D eigenvalue weighted by Gasteiger charge is -2.25. The summed E-state index contributed by atoms with van der Waals surface area (Å²) in [6, 6.07) is 0. The number of carbonyl (C=O) groups is 1. The molecule has 0 aromatic heterocycles. The van der Waals surface area contributed by atoms with Gasteiger partial charge in [-0.05, 0) is 0 Å². The Labute approximate surface area is 91.0 Å².